The first-order chi connectivity index (χ1) is 12.9. The number of alkyl halides is 3. The summed E-state index contributed by atoms with van der Waals surface area (Å²) in [6.07, 6.45) is -3.94. The standard InChI is InChI=1S/C18H18F3N3O3/c19-18(20,21)27-14-4-1-3-13(10-14)24-17(22)23-11-12-5-6-15-16(9-12)26-8-2-7-25-15/h1,3-6,9-10H,2,7-8,11H2,(H3,22,23,24). The van der Waals surface area contributed by atoms with E-state index in [4.69, 9.17) is 15.2 Å². The second-order valence-corrected chi connectivity index (χ2v) is 5.73. The predicted molar refractivity (Wildman–Crippen MR) is 94.1 cm³/mol. The molecule has 1 aliphatic heterocycles. The monoisotopic (exact) mass is 381 g/mol. The third-order valence-electron chi connectivity index (χ3n) is 3.58. The van der Waals surface area contributed by atoms with Gasteiger partial charge in [-0.3, -0.25) is 0 Å². The average Bonchev–Trinajstić information content (AvgIpc) is 2.83. The summed E-state index contributed by atoms with van der Waals surface area (Å²) in [5.74, 6) is 1.06. The Balaban J connectivity index is 1.63. The Morgan fingerprint density at radius 3 is 2.67 bits per heavy atom. The zero-order chi connectivity index (χ0) is 19.3. The summed E-state index contributed by atoms with van der Waals surface area (Å²) in [6.45, 7) is 1.46. The SMILES string of the molecule is NC(=NCc1ccc2c(c1)OCCCO2)Nc1cccc(OC(F)(F)F)c1. The lowest BCUT2D eigenvalue weighted by Crippen LogP contribution is -2.23. The van der Waals surface area contributed by atoms with Gasteiger partial charge in [0, 0.05) is 18.2 Å². The number of anilines is 1. The number of nitrogens with one attached hydrogen (secondary N) is 1. The number of ether oxygens (including phenoxy) is 3. The number of nitrogens with two attached hydrogens (primary N) is 1. The van der Waals surface area contributed by atoms with Crippen LogP contribution in [0.4, 0.5) is 18.9 Å². The van der Waals surface area contributed by atoms with Gasteiger partial charge in [0.1, 0.15) is 5.75 Å². The molecule has 9 heteroatoms. The highest BCUT2D eigenvalue weighted by Crippen LogP contribution is 2.30. The Morgan fingerprint density at radius 1 is 1.11 bits per heavy atom. The number of nitrogens with zero attached hydrogens (tertiary/aromatic N) is 1. The van der Waals surface area contributed by atoms with Crippen molar-refractivity contribution in [1.82, 2.24) is 0 Å². The Labute approximate surface area is 153 Å². The van der Waals surface area contributed by atoms with E-state index in [-0.39, 0.29) is 18.3 Å². The van der Waals surface area contributed by atoms with E-state index in [0.717, 1.165) is 12.0 Å². The topological polar surface area (TPSA) is 78.1 Å². The lowest BCUT2D eigenvalue weighted by Gasteiger charge is -2.11. The van der Waals surface area contributed by atoms with Gasteiger partial charge in [-0.2, -0.15) is 0 Å². The molecule has 2 aromatic rings. The summed E-state index contributed by atoms with van der Waals surface area (Å²) < 4.78 is 51.9. The van der Waals surface area contributed by atoms with Crippen LogP contribution >= 0.6 is 0 Å². The Hall–Kier alpha value is -3.10. The minimum absolute atomic E-state index is 0.0614. The van der Waals surface area contributed by atoms with Gasteiger partial charge in [0.15, 0.2) is 17.5 Å². The molecule has 3 rings (SSSR count). The molecule has 2 aromatic carbocycles. The van der Waals surface area contributed by atoms with Crippen LogP contribution in [0.1, 0.15) is 12.0 Å². The lowest BCUT2D eigenvalue weighted by molar-refractivity contribution is -0.274. The van der Waals surface area contributed by atoms with Crippen LogP contribution in [0.5, 0.6) is 17.2 Å². The fourth-order valence-corrected chi connectivity index (χ4v) is 2.44. The molecule has 0 atom stereocenters. The minimum atomic E-state index is -4.75. The molecule has 0 radical (unpaired) electrons. The van der Waals surface area contributed by atoms with Crippen molar-refractivity contribution < 1.29 is 27.4 Å². The Morgan fingerprint density at radius 2 is 1.89 bits per heavy atom. The van der Waals surface area contributed by atoms with Crippen molar-refractivity contribution in [1.29, 1.82) is 0 Å². The molecular weight excluding hydrogens is 363 g/mol. The predicted octanol–water partition coefficient (Wildman–Crippen LogP) is 3.67. The Bertz CT molecular complexity index is 825. The van der Waals surface area contributed by atoms with E-state index >= 15 is 0 Å². The van der Waals surface area contributed by atoms with E-state index in [9.17, 15) is 13.2 Å². The normalized spacial score (nSPS) is 14.4. The third kappa shape index (κ3) is 5.70. The molecule has 0 saturated heterocycles. The summed E-state index contributed by atoms with van der Waals surface area (Å²) in [5, 5.41) is 2.74. The van der Waals surface area contributed by atoms with Crippen LogP contribution in [0.25, 0.3) is 0 Å². The van der Waals surface area contributed by atoms with Crippen LogP contribution in [0, 0.1) is 0 Å². The Kier molecular flexibility index (Phi) is 5.58. The maximum atomic E-state index is 12.3. The van der Waals surface area contributed by atoms with E-state index in [1.54, 1.807) is 6.07 Å². The second kappa shape index (κ2) is 8.07. The molecule has 1 aliphatic rings. The summed E-state index contributed by atoms with van der Waals surface area (Å²) in [5.41, 5.74) is 7.00. The molecule has 144 valence electrons. The van der Waals surface area contributed by atoms with Crippen molar-refractivity contribution in [2.75, 3.05) is 18.5 Å². The largest absolute Gasteiger partial charge is 0.573 e. The number of hydrogen-bond acceptors (Lipinski definition) is 4. The summed E-state index contributed by atoms with van der Waals surface area (Å²) >= 11 is 0. The van der Waals surface area contributed by atoms with E-state index in [1.807, 2.05) is 18.2 Å². The quantitative estimate of drug-likeness (QED) is 0.624. The molecule has 6 nitrogen and oxygen atoms in total. The maximum Gasteiger partial charge on any atom is 0.573 e. The van der Waals surface area contributed by atoms with Gasteiger partial charge in [-0.05, 0) is 29.8 Å². The van der Waals surface area contributed by atoms with Crippen LogP contribution in [-0.2, 0) is 6.54 Å². The number of rotatable bonds is 4. The van der Waals surface area contributed by atoms with Gasteiger partial charge < -0.3 is 25.3 Å². The minimum Gasteiger partial charge on any atom is -0.490 e. The summed E-state index contributed by atoms with van der Waals surface area (Å²) in [6, 6.07) is 10.8. The first kappa shape index (κ1) is 18.7. The number of guanidine groups is 1. The van der Waals surface area contributed by atoms with Gasteiger partial charge in [-0.1, -0.05) is 12.1 Å². The van der Waals surface area contributed by atoms with Gasteiger partial charge in [0.2, 0.25) is 0 Å². The molecule has 0 fully saturated rings. The molecule has 0 bridgehead atoms. The van der Waals surface area contributed by atoms with Gasteiger partial charge >= 0.3 is 6.36 Å². The number of fused-ring (bicyclic) bond motifs is 1. The van der Waals surface area contributed by atoms with Crippen LogP contribution in [-0.4, -0.2) is 25.5 Å². The molecule has 0 aliphatic carbocycles. The molecule has 1 heterocycles. The second-order valence-electron chi connectivity index (χ2n) is 5.73. The van der Waals surface area contributed by atoms with Crippen molar-refractivity contribution in [2.24, 2.45) is 10.7 Å². The number of benzene rings is 2. The van der Waals surface area contributed by atoms with Crippen LogP contribution in [0.2, 0.25) is 0 Å². The lowest BCUT2D eigenvalue weighted by atomic mass is 10.2. The maximum absolute atomic E-state index is 12.3. The van der Waals surface area contributed by atoms with Crippen LogP contribution in [0.3, 0.4) is 0 Å². The summed E-state index contributed by atoms with van der Waals surface area (Å²) in [4.78, 5) is 4.19. The van der Waals surface area contributed by atoms with Gasteiger partial charge in [-0.25, -0.2) is 4.99 Å². The molecule has 0 aromatic heterocycles. The molecule has 0 spiro atoms. The zero-order valence-corrected chi connectivity index (χ0v) is 14.3. The average molecular weight is 381 g/mol. The number of hydrogen-bond donors (Lipinski definition) is 2. The first-order valence-corrected chi connectivity index (χ1v) is 8.20. The van der Waals surface area contributed by atoms with E-state index < -0.39 is 6.36 Å². The number of aliphatic imine (C=N–C) groups is 1. The third-order valence-corrected chi connectivity index (χ3v) is 3.58. The fourth-order valence-electron chi connectivity index (χ4n) is 2.44. The van der Waals surface area contributed by atoms with Gasteiger partial charge in [0.05, 0.1) is 19.8 Å². The molecule has 0 amide bonds. The molecule has 0 saturated carbocycles. The van der Waals surface area contributed by atoms with E-state index in [0.29, 0.717) is 30.4 Å². The molecule has 0 unspecified atom stereocenters. The van der Waals surface area contributed by atoms with E-state index in [2.05, 4.69) is 15.0 Å². The van der Waals surface area contributed by atoms with Crippen molar-refractivity contribution >= 4 is 11.6 Å². The molecular formula is C18H18F3N3O3. The molecule has 3 N–H and O–H groups in total. The van der Waals surface area contributed by atoms with Crippen molar-refractivity contribution in [2.45, 2.75) is 19.3 Å². The van der Waals surface area contributed by atoms with Crippen molar-refractivity contribution in [3.63, 3.8) is 0 Å². The smallest absolute Gasteiger partial charge is 0.490 e. The highest BCUT2D eigenvalue weighted by molar-refractivity contribution is 5.92. The van der Waals surface area contributed by atoms with Crippen molar-refractivity contribution in [3.05, 3.63) is 48.0 Å². The van der Waals surface area contributed by atoms with Crippen molar-refractivity contribution in [3.8, 4) is 17.2 Å². The van der Waals surface area contributed by atoms with Gasteiger partial charge in [-0.15, -0.1) is 13.2 Å². The van der Waals surface area contributed by atoms with E-state index in [1.165, 1.54) is 18.2 Å². The summed E-state index contributed by atoms with van der Waals surface area (Å²) in [7, 11) is 0. The molecule has 27 heavy (non-hydrogen) atoms. The highest BCUT2D eigenvalue weighted by Gasteiger charge is 2.31. The zero-order valence-electron chi connectivity index (χ0n) is 14.3. The number of halogens is 3. The highest BCUT2D eigenvalue weighted by atomic mass is 19.4. The van der Waals surface area contributed by atoms with Gasteiger partial charge in [0.25, 0.3) is 0 Å². The van der Waals surface area contributed by atoms with Crippen LogP contribution < -0.4 is 25.3 Å². The fraction of sp³-hybridized carbons (Fsp3) is 0.278. The first-order valence-electron chi connectivity index (χ1n) is 8.20. The van der Waals surface area contributed by atoms with Crippen LogP contribution in [0.15, 0.2) is 47.5 Å².